The molecular formula is C18H18N4O7. The normalized spacial score (nSPS) is 10.8. The minimum absolute atomic E-state index is 0.0375. The number of benzene rings is 1. The van der Waals surface area contributed by atoms with Gasteiger partial charge in [0.2, 0.25) is 5.91 Å². The molecule has 0 aliphatic carbocycles. The molecule has 0 saturated heterocycles. The van der Waals surface area contributed by atoms with Crippen LogP contribution < -0.4 is 16.6 Å². The Labute approximate surface area is 163 Å². The van der Waals surface area contributed by atoms with Crippen molar-refractivity contribution in [1.82, 2.24) is 15.4 Å². The number of nitro groups is 1. The summed E-state index contributed by atoms with van der Waals surface area (Å²) in [7, 11) is 0. The van der Waals surface area contributed by atoms with Gasteiger partial charge in [0.25, 0.3) is 11.6 Å². The van der Waals surface area contributed by atoms with E-state index in [1.54, 1.807) is 19.9 Å². The molecule has 0 spiro atoms. The summed E-state index contributed by atoms with van der Waals surface area (Å²) >= 11 is 0. The van der Waals surface area contributed by atoms with Gasteiger partial charge in [-0.15, -0.1) is 0 Å². The fourth-order valence-electron chi connectivity index (χ4n) is 2.89. The number of rotatable bonds is 6. The van der Waals surface area contributed by atoms with Crippen molar-refractivity contribution in [3.63, 3.8) is 0 Å². The second kappa shape index (κ2) is 8.00. The van der Waals surface area contributed by atoms with Gasteiger partial charge in [-0.3, -0.25) is 35.1 Å². The Bertz CT molecular complexity index is 1150. The van der Waals surface area contributed by atoms with Crippen molar-refractivity contribution >= 4 is 28.6 Å². The second-order valence-corrected chi connectivity index (χ2v) is 6.36. The largest absolute Gasteiger partial charge is 0.466 e. The first-order valence-corrected chi connectivity index (χ1v) is 8.70. The highest BCUT2D eigenvalue weighted by Crippen LogP contribution is 2.20. The molecule has 29 heavy (non-hydrogen) atoms. The van der Waals surface area contributed by atoms with E-state index in [1.807, 2.05) is 0 Å². The topological polar surface area (TPSA) is 150 Å². The summed E-state index contributed by atoms with van der Waals surface area (Å²) in [5, 5.41) is 10.8. The van der Waals surface area contributed by atoms with Crippen LogP contribution in [0.25, 0.3) is 11.1 Å². The highest BCUT2D eigenvalue weighted by atomic mass is 16.6. The highest BCUT2D eigenvalue weighted by molar-refractivity contribution is 5.96. The number of furan rings is 1. The van der Waals surface area contributed by atoms with Crippen LogP contribution in [0.1, 0.15) is 34.7 Å². The molecule has 0 aliphatic heterocycles. The molecule has 3 rings (SSSR count). The number of carbonyl (C=O) groups is 2. The van der Waals surface area contributed by atoms with Crippen LogP contribution in [0.15, 0.2) is 37.9 Å². The standard InChI is InChI=1S/C18H18N4O7/c1-10-8-13(11(2)28-10)17(24)20-19-16(23)4-3-7-21-14-6-5-12(22(26)27)9-15(14)29-18(21)25/h5-6,8-9H,3-4,7H2,1-2H3,(H,19,23)(H,20,24). The van der Waals surface area contributed by atoms with E-state index in [1.165, 1.54) is 22.8 Å². The van der Waals surface area contributed by atoms with Gasteiger partial charge in [-0.05, 0) is 32.4 Å². The van der Waals surface area contributed by atoms with Crippen LogP contribution in [-0.4, -0.2) is 21.3 Å². The number of aryl methyl sites for hydroxylation is 3. The van der Waals surface area contributed by atoms with Crippen LogP contribution in [0.2, 0.25) is 0 Å². The lowest BCUT2D eigenvalue weighted by atomic mass is 10.2. The quantitative estimate of drug-likeness (QED) is 0.472. The molecule has 11 heteroatoms. The zero-order chi connectivity index (χ0) is 21.1. The predicted molar refractivity (Wildman–Crippen MR) is 100 cm³/mol. The van der Waals surface area contributed by atoms with Crippen molar-refractivity contribution in [3.8, 4) is 0 Å². The molecule has 3 aromatic rings. The van der Waals surface area contributed by atoms with Crippen molar-refractivity contribution in [2.24, 2.45) is 0 Å². The number of oxazole rings is 1. The van der Waals surface area contributed by atoms with Crippen molar-refractivity contribution in [1.29, 1.82) is 0 Å². The van der Waals surface area contributed by atoms with Gasteiger partial charge in [0.1, 0.15) is 11.5 Å². The predicted octanol–water partition coefficient (Wildman–Crippen LogP) is 1.95. The zero-order valence-corrected chi connectivity index (χ0v) is 15.7. The number of carbonyl (C=O) groups excluding carboxylic acids is 2. The number of hydrogen-bond acceptors (Lipinski definition) is 7. The van der Waals surface area contributed by atoms with E-state index >= 15 is 0 Å². The number of non-ortho nitro benzene ring substituents is 1. The number of nitro benzene ring substituents is 1. The van der Waals surface area contributed by atoms with E-state index in [0.29, 0.717) is 22.6 Å². The van der Waals surface area contributed by atoms with Gasteiger partial charge in [0.15, 0.2) is 5.58 Å². The lowest BCUT2D eigenvalue weighted by Crippen LogP contribution is -2.41. The Morgan fingerprint density at radius 1 is 1.17 bits per heavy atom. The summed E-state index contributed by atoms with van der Waals surface area (Å²) in [5.74, 6) is -0.568. The second-order valence-electron chi connectivity index (χ2n) is 6.36. The fourth-order valence-corrected chi connectivity index (χ4v) is 2.89. The maximum absolute atomic E-state index is 12.0. The van der Waals surface area contributed by atoms with E-state index in [-0.39, 0.29) is 30.7 Å². The fraction of sp³-hybridized carbons (Fsp3) is 0.278. The highest BCUT2D eigenvalue weighted by Gasteiger charge is 2.16. The van der Waals surface area contributed by atoms with Crippen LogP contribution in [-0.2, 0) is 11.3 Å². The first-order chi connectivity index (χ1) is 13.8. The molecule has 0 radical (unpaired) electrons. The molecule has 0 aliphatic rings. The lowest BCUT2D eigenvalue weighted by Gasteiger charge is -2.07. The van der Waals surface area contributed by atoms with E-state index in [0.717, 1.165) is 0 Å². The number of hydrazine groups is 1. The van der Waals surface area contributed by atoms with Crippen LogP contribution in [0, 0.1) is 24.0 Å². The molecule has 1 aromatic carbocycles. The minimum atomic E-state index is -0.667. The number of nitrogens with zero attached hydrogens (tertiary/aromatic N) is 2. The Kier molecular flexibility index (Phi) is 5.48. The molecule has 2 heterocycles. The van der Waals surface area contributed by atoms with Gasteiger partial charge in [0, 0.05) is 19.0 Å². The summed E-state index contributed by atoms with van der Waals surface area (Å²) in [6, 6.07) is 5.44. The molecule has 0 fully saturated rings. The average molecular weight is 402 g/mol. The van der Waals surface area contributed by atoms with Crippen LogP contribution >= 0.6 is 0 Å². The van der Waals surface area contributed by atoms with Crippen molar-refractivity contribution in [2.45, 2.75) is 33.2 Å². The van der Waals surface area contributed by atoms with E-state index in [9.17, 15) is 24.5 Å². The lowest BCUT2D eigenvalue weighted by molar-refractivity contribution is -0.384. The van der Waals surface area contributed by atoms with Gasteiger partial charge in [-0.1, -0.05) is 0 Å². The molecule has 152 valence electrons. The summed E-state index contributed by atoms with van der Waals surface area (Å²) in [5.41, 5.74) is 5.26. The van der Waals surface area contributed by atoms with Crippen LogP contribution in [0.3, 0.4) is 0 Å². The van der Waals surface area contributed by atoms with E-state index in [4.69, 9.17) is 8.83 Å². The summed E-state index contributed by atoms with van der Waals surface area (Å²) in [4.78, 5) is 46.1. The van der Waals surface area contributed by atoms with Crippen LogP contribution in [0.5, 0.6) is 0 Å². The van der Waals surface area contributed by atoms with Gasteiger partial charge >= 0.3 is 5.76 Å². The Hall–Kier alpha value is -3.89. The summed E-state index contributed by atoms with van der Waals surface area (Å²) in [6.45, 7) is 3.53. The molecule has 11 nitrogen and oxygen atoms in total. The summed E-state index contributed by atoms with van der Waals surface area (Å²) in [6.07, 6.45) is 0.326. The maximum atomic E-state index is 12.0. The SMILES string of the molecule is Cc1cc(C(=O)NNC(=O)CCCn2c(=O)oc3cc([N+](=O)[O-])ccc32)c(C)o1. The molecule has 2 amide bonds. The van der Waals surface area contributed by atoms with Gasteiger partial charge < -0.3 is 8.83 Å². The zero-order valence-electron chi connectivity index (χ0n) is 15.7. The van der Waals surface area contributed by atoms with Crippen molar-refractivity contribution in [3.05, 3.63) is 62.0 Å². The van der Waals surface area contributed by atoms with Gasteiger partial charge in [-0.2, -0.15) is 0 Å². The molecule has 0 saturated carbocycles. The number of amides is 2. The van der Waals surface area contributed by atoms with Crippen LogP contribution in [0.4, 0.5) is 5.69 Å². The maximum Gasteiger partial charge on any atom is 0.419 e. The average Bonchev–Trinajstić information content (AvgIpc) is 3.17. The number of aromatic nitrogens is 1. The number of hydrogen-bond donors (Lipinski definition) is 2. The number of nitrogens with one attached hydrogen (secondary N) is 2. The smallest absolute Gasteiger partial charge is 0.419 e. The third-order valence-electron chi connectivity index (χ3n) is 4.25. The minimum Gasteiger partial charge on any atom is -0.466 e. The first kappa shape index (κ1) is 19.9. The molecule has 2 N–H and O–H groups in total. The Morgan fingerprint density at radius 3 is 2.59 bits per heavy atom. The van der Waals surface area contributed by atoms with Crippen molar-refractivity contribution in [2.75, 3.05) is 0 Å². The summed E-state index contributed by atoms with van der Waals surface area (Å²) < 4.78 is 11.6. The Morgan fingerprint density at radius 2 is 1.93 bits per heavy atom. The third-order valence-corrected chi connectivity index (χ3v) is 4.25. The van der Waals surface area contributed by atoms with E-state index < -0.39 is 22.5 Å². The monoisotopic (exact) mass is 402 g/mol. The molecular weight excluding hydrogens is 384 g/mol. The molecule has 0 bridgehead atoms. The molecule has 0 unspecified atom stereocenters. The molecule has 2 aromatic heterocycles. The van der Waals surface area contributed by atoms with Crippen molar-refractivity contribution < 1.29 is 23.3 Å². The van der Waals surface area contributed by atoms with Gasteiger partial charge in [-0.25, -0.2) is 4.79 Å². The first-order valence-electron chi connectivity index (χ1n) is 8.70. The third kappa shape index (κ3) is 4.34. The molecule has 0 atom stereocenters. The van der Waals surface area contributed by atoms with Gasteiger partial charge in [0.05, 0.1) is 22.1 Å². The Balaban J connectivity index is 1.54. The number of fused-ring (bicyclic) bond motifs is 1. The van der Waals surface area contributed by atoms with E-state index in [2.05, 4.69) is 10.9 Å².